The van der Waals surface area contributed by atoms with Crippen LogP contribution in [0.2, 0.25) is 0 Å². The summed E-state index contributed by atoms with van der Waals surface area (Å²) >= 11 is 0. The Labute approximate surface area is 127 Å². The minimum Gasteiger partial charge on any atom is -0.491 e. The number of ether oxygens (including phenoxy) is 1. The first kappa shape index (κ1) is 15.8. The molecule has 1 aromatic rings. The van der Waals surface area contributed by atoms with Crippen LogP contribution in [0.3, 0.4) is 0 Å². The summed E-state index contributed by atoms with van der Waals surface area (Å²) in [7, 11) is 0. The van der Waals surface area contributed by atoms with Crippen molar-refractivity contribution >= 4 is 0 Å². The van der Waals surface area contributed by atoms with Crippen molar-refractivity contribution in [2.24, 2.45) is 5.92 Å². The number of β-amino-alcohol motifs (C(OH)–C–C–N with tert-alkyl or cyclic N) is 1. The molecule has 0 amide bonds. The fourth-order valence-electron chi connectivity index (χ4n) is 2.82. The third-order valence-electron chi connectivity index (χ3n) is 4.38. The quantitative estimate of drug-likeness (QED) is 0.904. The standard InChI is InChI=1S/C17H24N2O2/c1-13-4-3-9-19(14(13)2)11-16(20)12-21-17-7-5-15(10-18)6-8-17/h5-8,13-14,16,20H,3-4,9,11-12H2,1-2H3. The Morgan fingerprint density at radius 3 is 2.76 bits per heavy atom. The normalized spacial score (nSPS) is 24.3. The maximum Gasteiger partial charge on any atom is 0.119 e. The first-order chi connectivity index (χ1) is 10.1. The van der Waals surface area contributed by atoms with E-state index in [2.05, 4.69) is 24.8 Å². The molecule has 0 aliphatic carbocycles. The second-order valence-electron chi connectivity index (χ2n) is 5.96. The van der Waals surface area contributed by atoms with Gasteiger partial charge in [-0.1, -0.05) is 6.92 Å². The molecule has 2 rings (SSSR count). The summed E-state index contributed by atoms with van der Waals surface area (Å²) in [6.45, 7) is 6.50. The van der Waals surface area contributed by atoms with E-state index in [1.165, 1.54) is 12.8 Å². The minimum atomic E-state index is -0.492. The number of rotatable bonds is 5. The Kier molecular flexibility index (Phi) is 5.60. The molecule has 1 aliphatic heterocycles. The van der Waals surface area contributed by atoms with E-state index in [-0.39, 0.29) is 6.61 Å². The van der Waals surface area contributed by atoms with Crippen molar-refractivity contribution in [2.75, 3.05) is 19.7 Å². The molecule has 3 unspecified atom stereocenters. The van der Waals surface area contributed by atoms with Gasteiger partial charge in [0, 0.05) is 12.6 Å². The van der Waals surface area contributed by atoms with E-state index in [4.69, 9.17) is 10.00 Å². The summed E-state index contributed by atoms with van der Waals surface area (Å²) in [6, 6.07) is 9.55. The van der Waals surface area contributed by atoms with Crippen LogP contribution >= 0.6 is 0 Å². The van der Waals surface area contributed by atoms with E-state index in [9.17, 15) is 5.11 Å². The van der Waals surface area contributed by atoms with Crippen molar-refractivity contribution in [2.45, 2.75) is 38.8 Å². The smallest absolute Gasteiger partial charge is 0.119 e. The third-order valence-corrected chi connectivity index (χ3v) is 4.38. The molecule has 0 spiro atoms. The molecule has 3 atom stereocenters. The van der Waals surface area contributed by atoms with Crippen molar-refractivity contribution < 1.29 is 9.84 Å². The maximum absolute atomic E-state index is 10.1. The molecule has 0 aromatic heterocycles. The second kappa shape index (κ2) is 7.44. The van der Waals surface area contributed by atoms with Gasteiger partial charge in [0.2, 0.25) is 0 Å². The van der Waals surface area contributed by atoms with Crippen molar-refractivity contribution in [1.82, 2.24) is 4.90 Å². The molecular weight excluding hydrogens is 264 g/mol. The number of benzene rings is 1. The average Bonchev–Trinajstić information content (AvgIpc) is 2.50. The van der Waals surface area contributed by atoms with E-state index in [0.29, 0.717) is 29.8 Å². The lowest BCUT2D eigenvalue weighted by molar-refractivity contribution is 0.0292. The molecule has 0 saturated carbocycles. The Bertz CT molecular complexity index is 481. The van der Waals surface area contributed by atoms with Gasteiger partial charge in [-0.15, -0.1) is 0 Å². The van der Waals surface area contributed by atoms with E-state index in [0.717, 1.165) is 6.54 Å². The van der Waals surface area contributed by atoms with Crippen molar-refractivity contribution in [3.05, 3.63) is 29.8 Å². The Balaban J connectivity index is 1.78. The fourth-order valence-corrected chi connectivity index (χ4v) is 2.82. The molecule has 1 fully saturated rings. The van der Waals surface area contributed by atoms with Crippen LogP contribution < -0.4 is 4.74 Å². The fraction of sp³-hybridized carbons (Fsp3) is 0.588. The van der Waals surface area contributed by atoms with E-state index < -0.39 is 6.10 Å². The van der Waals surface area contributed by atoms with Gasteiger partial charge in [0.05, 0.1) is 11.6 Å². The summed E-state index contributed by atoms with van der Waals surface area (Å²) < 4.78 is 5.58. The van der Waals surface area contributed by atoms with Crippen LogP contribution in [0.25, 0.3) is 0 Å². The number of likely N-dealkylation sites (tertiary alicyclic amines) is 1. The van der Waals surface area contributed by atoms with Gasteiger partial charge in [0.15, 0.2) is 0 Å². The molecule has 0 radical (unpaired) electrons. The van der Waals surface area contributed by atoms with Gasteiger partial charge < -0.3 is 9.84 Å². The molecule has 1 saturated heterocycles. The number of piperidine rings is 1. The molecule has 1 N–H and O–H groups in total. The molecule has 1 aromatic carbocycles. The summed E-state index contributed by atoms with van der Waals surface area (Å²) in [4.78, 5) is 2.35. The van der Waals surface area contributed by atoms with Gasteiger partial charge in [-0.05, 0) is 56.5 Å². The highest BCUT2D eigenvalue weighted by Crippen LogP contribution is 2.22. The summed E-state index contributed by atoms with van der Waals surface area (Å²) in [5.74, 6) is 1.37. The van der Waals surface area contributed by atoms with Gasteiger partial charge in [-0.2, -0.15) is 5.26 Å². The Hall–Kier alpha value is -1.57. The second-order valence-corrected chi connectivity index (χ2v) is 5.96. The largest absolute Gasteiger partial charge is 0.491 e. The summed E-state index contributed by atoms with van der Waals surface area (Å²) in [6.07, 6.45) is 1.98. The third kappa shape index (κ3) is 4.45. The first-order valence-corrected chi connectivity index (χ1v) is 7.65. The van der Waals surface area contributed by atoms with Crippen molar-refractivity contribution in [1.29, 1.82) is 5.26 Å². The molecule has 1 aliphatic rings. The predicted molar refractivity (Wildman–Crippen MR) is 82.1 cm³/mol. The number of hydrogen-bond acceptors (Lipinski definition) is 4. The van der Waals surface area contributed by atoms with Crippen LogP contribution in [0.5, 0.6) is 5.75 Å². The van der Waals surface area contributed by atoms with Gasteiger partial charge in [0.1, 0.15) is 18.5 Å². The SMILES string of the molecule is CC1CCCN(CC(O)COc2ccc(C#N)cc2)C1C. The topological polar surface area (TPSA) is 56.5 Å². The number of aliphatic hydroxyl groups is 1. The molecule has 4 heteroatoms. The van der Waals surface area contributed by atoms with Gasteiger partial charge >= 0.3 is 0 Å². The lowest BCUT2D eigenvalue weighted by atomic mass is 9.92. The predicted octanol–water partition coefficient (Wildman–Crippen LogP) is 2.42. The van der Waals surface area contributed by atoms with Crippen LogP contribution in [0.1, 0.15) is 32.3 Å². The van der Waals surface area contributed by atoms with Crippen LogP contribution in [0.4, 0.5) is 0 Å². The summed E-state index contributed by atoms with van der Waals surface area (Å²) in [5, 5.41) is 18.9. The van der Waals surface area contributed by atoms with Crippen LogP contribution in [0.15, 0.2) is 24.3 Å². The van der Waals surface area contributed by atoms with Crippen LogP contribution in [0, 0.1) is 17.2 Å². The van der Waals surface area contributed by atoms with Gasteiger partial charge in [0.25, 0.3) is 0 Å². The zero-order chi connectivity index (χ0) is 15.2. The molecule has 114 valence electrons. The minimum absolute atomic E-state index is 0.281. The number of hydrogen-bond donors (Lipinski definition) is 1. The first-order valence-electron chi connectivity index (χ1n) is 7.65. The molecule has 4 nitrogen and oxygen atoms in total. The van der Waals surface area contributed by atoms with E-state index >= 15 is 0 Å². The zero-order valence-electron chi connectivity index (χ0n) is 12.8. The number of nitriles is 1. The highest BCUT2D eigenvalue weighted by Gasteiger charge is 2.26. The summed E-state index contributed by atoms with van der Waals surface area (Å²) in [5.41, 5.74) is 0.610. The van der Waals surface area contributed by atoms with E-state index in [1.54, 1.807) is 24.3 Å². The molecule has 21 heavy (non-hydrogen) atoms. The van der Waals surface area contributed by atoms with Crippen molar-refractivity contribution in [3.63, 3.8) is 0 Å². The van der Waals surface area contributed by atoms with E-state index in [1.807, 2.05) is 0 Å². The zero-order valence-corrected chi connectivity index (χ0v) is 12.8. The highest BCUT2D eigenvalue weighted by atomic mass is 16.5. The molecule has 0 bridgehead atoms. The monoisotopic (exact) mass is 288 g/mol. The van der Waals surface area contributed by atoms with Crippen molar-refractivity contribution in [3.8, 4) is 11.8 Å². The molecular formula is C17H24N2O2. The Morgan fingerprint density at radius 1 is 1.38 bits per heavy atom. The maximum atomic E-state index is 10.1. The van der Waals surface area contributed by atoms with Gasteiger partial charge in [-0.25, -0.2) is 0 Å². The molecule has 1 heterocycles. The Morgan fingerprint density at radius 2 is 2.10 bits per heavy atom. The lowest BCUT2D eigenvalue weighted by Gasteiger charge is -2.38. The highest BCUT2D eigenvalue weighted by molar-refractivity contribution is 5.34. The van der Waals surface area contributed by atoms with Crippen LogP contribution in [-0.2, 0) is 0 Å². The van der Waals surface area contributed by atoms with Gasteiger partial charge in [-0.3, -0.25) is 4.90 Å². The van der Waals surface area contributed by atoms with Crippen LogP contribution in [-0.4, -0.2) is 41.8 Å². The lowest BCUT2D eigenvalue weighted by Crippen LogP contribution is -2.46. The number of nitrogens with zero attached hydrogens (tertiary/aromatic N) is 2. The average molecular weight is 288 g/mol. The number of aliphatic hydroxyl groups excluding tert-OH is 1.